The molecular formula is C22H25N3O2S. The molecule has 4 rings (SSSR count). The number of hydrogen-bond acceptors (Lipinski definition) is 5. The molecule has 5 nitrogen and oxygen atoms in total. The van der Waals surface area contributed by atoms with Crippen LogP contribution in [0.4, 0.5) is 5.13 Å². The molecule has 2 heterocycles. The third-order valence-corrected chi connectivity index (χ3v) is 6.28. The number of fused-ring (bicyclic) bond motifs is 1. The van der Waals surface area contributed by atoms with Gasteiger partial charge >= 0.3 is 0 Å². The van der Waals surface area contributed by atoms with Crippen molar-refractivity contribution in [1.82, 2.24) is 10.3 Å². The predicted molar refractivity (Wildman–Crippen MR) is 114 cm³/mol. The Morgan fingerprint density at radius 3 is 2.82 bits per heavy atom. The fourth-order valence-electron chi connectivity index (χ4n) is 3.42. The van der Waals surface area contributed by atoms with E-state index < -0.39 is 0 Å². The number of aryl methyl sites for hydroxylation is 1. The van der Waals surface area contributed by atoms with Crippen LogP contribution in [0, 0.1) is 5.92 Å². The SMILES string of the molecule is COc1ccc2nc(N3CC(C(=O)NC(C)CCc4ccccc4)C3)sc2c1. The molecule has 2 aromatic carbocycles. The lowest BCUT2D eigenvalue weighted by Crippen LogP contribution is -2.55. The number of thiazole rings is 1. The minimum Gasteiger partial charge on any atom is -0.497 e. The zero-order valence-corrected chi connectivity index (χ0v) is 17.0. The second-order valence-corrected chi connectivity index (χ2v) is 8.38. The summed E-state index contributed by atoms with van der Waals surface area (Å²) in [4.78, 5) is 19.4. The maximum atomic E-state index is 12.5. The molecule has 0 radical (unpaired) electrons. The molecule has 1 aromatic heterocycles. The molecule has 0 saturated carbocycles. The average Bonchev–Trinajstić information content (AvgIpc) is 3.08. The molecule has 1 N–H and O–H groups in total. The molecule has 1 fully saturated rings. The van der Waals surface area contributed by atoms with E-state index in [1.54, 1.807) is 18.4 Å². The average molecular weight is 396 g/mol. The van der Waals surface area contributed by atoms with Crippen LogP contribution in [-0.4, -0.2) is 37.1 Å². The standard InChI is InChI=1S/C22H25N3O2S/c1-15(8-9-16-6-4-3-5-7-16)23-21(26)17-13-25(14-17)22-24-19-11-10-18(27-2)12-20(19)28-22/h3-7,10-12,15,17H,8-9,13-14H2,1-2H3,(H,23,26). The molecule has 6 heteroatoms. The van der Waals surface area contributed by atoms with Crippen LogP contribution >= 0.6 is 11.3 Å². The zero-order valence-electron chi connectivity index (χ0n) is 16.2. The van der Waals surface area contributed by atoms with E-state index in [-0.39, 0.29) is 17.9 Å². The number of carbonyl (C=O) groups is 1. The zero-order chi connectivity index (χ0) is 19.5. The van der Waals surface area contributed by atoms with Crippen LogP contribution in [0.1, 0.15) is 18.9 Å². The Morgan fingerprint density at radius 2 is 2.07 bits per heavy atom. The highest BCUT2D eigenvalue weighted by molar-refractivity contribution is 7.22. The molecule has 28 heavy (non-hydrogen) atoms. The van der Waals surface area contributed by atoms with E-state index in [0.29, 0.717) is 0 Å². The van der Waals surface area contributed by atoms with Crippen LogP contribution < -0.4 is 15.0 Å². The Labute approximate surface area is 169 Å². The summed E-state index contributed by atoms with van der Waals surface area (Å²) in [7, 11) is 1.67. The Balaban J connectivity index is 1.27. The van der Waals surface area contributed by atoms with Gasteiger partial charge < -0.3 is 15.0 Å². The summed E-state index contributed by atoms with van der Waals surface area (Å²) in [6, 6.07) is 16.5. The smallest absolute Gasteiger partial charge is 0.226 e. The molecule has 0 spiro atoms. The molecule has 1 aliphatic rings. The first-order valence-corrected chi connectivity index (χ1v) is 10.5. The number of hydrogen-bond donors (Lipinski definition) is 1. The number of nitrogens with zero attached hydrogens (tertiary/aromatic N) is 2. The van der Waals surface area contributed by atoms with Crippen molar-refractivity contribution < 1.29 is 9.53 Å². The molecule has 1 atom stereocenters. The van der Waals surface area contributed by atoms with Crippen molar-refractivity contribution in [2.75, 3.05) is 25.1 Å². The number of benzene rings is 2. The van der Waals surface area contributed by atoms with Crippen molar-refractivity contribution in [2.24, 2.45) is 5.92 Å². The van der Waals surface area contributed by atoms with Crippen molar-refractivity contribution in [2.45, 2.75) is 25.8 Å². The Kier molecular flexibility index (Phi) is 5.48. The maximum Gasteiger partial charge on any atom is 0.226 e. The van der Waals surface area contributed by atoms with Crippen molar-refractivity contribution in [3.63, 3.8) is 0 Å². The molecule has 1 unspecified atom stereocenters. The molecule has 1 aliphatic heterocycles. The monoisotopic (exact) mass is 395 g/mol. The van der Waals surface area contributed by atoms with Gasteiger partial charge in [0.15, 0.2) is 5.13 Å². The minimum absolute atomic E-state index is 0.0423. The molecule has 1 amide bonds. The van der Waals surface area contributed by atoms with Gasteiger partial charge in [-0.25, -0.2) is 4.98 Å². The van der Waals surface area contributed by atoms with Gasteiger partial charge in [0.25, 0.3) is 0 Å². The van der Waals surface area contributed by atoms with Gasteiger partial charge in [-0.1, -0.05) is 41.7 Å². The van der Waals surface area contributed by atoms with Crippen LogP contribution in [-0.2, 0) is 11.2 Å². The summed E-state index contributed by atoms with van der Waals surface area (Å²) < 4.78 is 6.39. The summed E-state index contributed by atoms with van der Waals surface area (Å²) in [5.74, 6) is 1.04. The normalized spacial score (nSPS) is 15.3. The van der Waals surface area contributed by atoms with Gasteiger partial charge in [-0.15, -0.1) is 0 Å². The van der Waals surface area contributed by atoms with E-state index in [1.165, 1.54) is 5.56 Å². The number of amides is 1. The van der Waals surface area contributed by atoms with Gasteiger partial charge in [0.1, 0.15) is 5.75 Å². The quantitative estimate of drug-likeness (QED) is 0.660. The maximum absolute atomic E-state index is 12.5. The van der Waals surface area contributed by atoms with Crippen LogP contribution in [0.5, 0.6) is 5.75 Å². The summed E-state index contributed by atoms with van der Waals surface area (Å²) in [5, 5.41) is 4.14. The summed E-state index contributed by atoms with van der Waals surface area (Å²) >= 11 is 1.65. The van der Waals surface area contributed by atoms with Gasteiger partial charge in [0, 0.05) is 19.1 Å². The first kappa shape index (κ1) is 18.7. The number of ether oxygens (including phenoxy) is 1. The minimum atomic E-state index is 0.0423. The van der Waals surface area contributed by atoms with Gasteiger partial charge in [0.2, 0.25) is 5.91 Å². The lowest BCUT2D eigenvalue weighted by molar-refractivity contribution is -0.126. The van der Waals surface area contributed by atoms with Crippen LogP contribution in [0.2, 0.25) is 0 Å². The lowest BCUT2D eigenvalue weighted by Gasteiger charge is -2.38. The number of carbonyl (C=O) groups excluding carboxylic acids is 1. The van der Waals surface area contributed by atoms with Gasteiger partial charge in [-0.05, 0) is 43.5 Å². The van der Waals surface area contributed by atoms with Crippen molar-refractivity contribution in [1.29, 1.82) is 0 Å². The van der Waals surface area contributed by atoms with E-state index in [0.717, 1.165) is 47.0 Å². The molecular weight excluding hydrogens is 370 g/mol. The molecule has 0 aliphatic carbocycles. The Hall–Kier alpha value is -2.60. The number of methoxy groups -OCH3 is 1. The molecule has 3 aromatic rings. The van der Waals surface area contributed by atoms with Crippen molar-refractivity contribution >= 4 is 32.6 Å². The summed E-state index contributed by atoms with van der Waals surface area (Å²) in [6.45, 7) is 3.54. The molecule has 146 valence electrons. The van der Waals surface area contributed by atoms with Gasteiger partial charge in [0.05, 0.1) is 23.2 Å². The highest BCUT2D eigenvalue weighted by Crippen LogP contribution is 2.34. The second-order valence-electron chi connectivity index (χ2n) is 7.37. The van der Waals surface area contributed by atoms with Gasteiger partial charge in [-0.3, -0.25) is 4.79 Å². The molecule has 0 bridgehead atoms. The summed E-state index contributed by atoms with van der Waals surface area (Å²) in [5.41, 5.74) is 2.29. The largest absolute Gasteiger partial charge is 0.497 e. The third-order valence-electron chi connectivity index (χ3n) is 5.20. The first-order chi connectivity index (χ1) is 13.6. The fraction of sp³-hybridized carbons (Fsp3) is 0.364. The second kappa shape index (κ2) is 8.19. The Bertz CT molecular complexity index is 951. The van der Waals surface area contributed by atoms with Crippen molar-refractivity contribution in [3.8, 4) is 5.75 Å². The third kappa shape index (κ3) is 4.12. The van der Waals surface area contributed by atoms with Crippen LogP contribution in [0.3, 0.4) is 0 Å². The summed E-state index contributed by atoms with van der Waals surface area (Å²) in [6.07, 6.45) is 1.93. The number of nitrogens with one attached hydrogen (secondary N) is 1. The number of aromatic nitrogens is 1. The number of rotatable bonds is 7. The van der Waals surface area contributed by atoms with E-state index in [1.807, 2.05) is 24.3 Å². The van der Waals surface area contributed by atoms with Gasteiger partial charge in [-0.2, -0.15) is 0 Å². The predicted octanol–water partition coefficient (Wildman–Crippen LogP) is 3.88. The van der Waals surface area contributed by atoms with Crippen LogP contribution in [0.15, 0.2) is 48.5 Å². The van der Waals surface area contributed by atoms with E-state index in [4.69, 9.17) is 4.74 Å². The highest BCUT2D eigenvalue weighted by atomic mass is 32.1. The van der Waals surface area contributed by atoms with Crippen LogP contribution in [0.25, 0.3) is 10.2 Å². The number of anilines is 1. The lowest BCUT2D eigenvalue weighted by atomic mass is 9.99. The topological polar surface area (TPSA) is 54.5 Å². The Morgan fingerprint density at radius 1 is 1.29 bits per heavy atom. The highest BCUT2D eigenvalue weighted by Gasteiger charge is 2.34. The fourth-order valence-corrected chi connectivity index (χ4v) is 4.43. The van der Waals surface area contributed by atoms with E-state index in [2.05, 4.69) is 46.4 Å². The van der Waals surface area contributed by atoms with E-state index in [9.17, 15) is 4.79 Å². The van der Waals surface area contributed by atoms with Crippen molar-refractivity contribution in [3.05, 3.63) is 54.1 Å². The molecule has 1 saturated heterocycles. The first-order valence-electron chi connectivity index (χ1n) is 9.66. The van der Waals surface area contributed by atoms with E-state index >= 15 is 0 Å².